The van der Waals surface area contributed by atoms with Gasteiger partial charge in [0.2, 0.25) is 5.91 Å². The molecule has 2 saturated heterocycles. The van der Waals surface area contributed by atoms with Crippen molar-refractivity contribution < 1.29 is 13.2 Å². The van der Waals surface area contributed by atoms with Crippen molar-refractivity contribution >= 4 is 21.8 Å². The standard InChI is InChI=1S/C16H20N4O3S/c21-16(18-10-11-8-17-9-11)13-5-3-7-20(13)15-12-4-1-2-6-14(12)24(22,23)19-15/h1-2,4,6,11,13,17H,3,5,7-10H2,(H,18,21). The minimum Gasteiger partial charge on any atom is -0.354 e. The Bertz CT molecular complexity index is 801. The number of hydrogen-bond donors (Lipinski definition) is 2. The number of rotatable bonds is 3. The Labute approximate surface area is 141 Å². The molecule has 7 nitrogen and oxygen atoms in total. The lowest BCUT2D eigenvalue weighted by Crippen LogP contribution is -2.51. The third-order valence-corrected chi connectivity index (χ3v) is 6.20. The fourth-order valence-electron chi connectivity index (χ4n) is 3.44. The van der Waals surface area contributed by atoms with Crippen LogP contribution in [0.3, 0.4) is 0 Å². The van der Waals surface area contributed by atoms with Gasteiger partial charge in [0.15, 0.2) is 5.84 Å². The summed E-state index contributed by atoms with van der Waals surface area (Å²) in [7, 11) is -3.66. The maximum absolute atomic E-state index is 12.6. The molecule has 1 aromatic carbocycles. The zero-order valence-corrected chi connectivity index (χ0v) is 14.1. The lowest BCUT2D eigenvalue weighted by molar-refractivity contribution is -0.124. The van der Waals surface area contributed by atoms with E-state index in [-0.39, 0.29) is 16.8 Å². The van der Waals surface area contributed by atoms with Crippen LogP contribution in [0.25, 0.3) is 0 Å². The summed E-state index contributed by atoms with van der Waals surface area (Å²) in [4.78, 5) is 14.6. The number of nitrogens with one attached hydrogen (secondary N) is 2. The second-order valence-corrected chi connectivity index (χ2v) is 8.08. The molecule has 1 unspecified atom stereocenters. The fraction of sp³-hybridized carbons (Fsp3) is 0.500. The van der Waals surface area contributed by atoms with Crippen LogP contribution in [0.1, 0.15) is 18.4 Å². The highest BCUT2D eigenvalue weighted by atomic mass is 32.2. The number of likely N-dealkylation sites (tertiary alicyclic amines) is 1. The summed E-state index contributed by atoms with van der Waals surface area (Å²) in [5.74, 6) is 0.867. The van der Waals surface area contributed by atoms with E-state index in [0.29, 0.717) is 30.4 Å². The van der Waals surface area contributed by atoms with E-state index in [0.717, 1.165) is 25.9 Å². The van der Waals surface area contributed by atoms with Gasteiger partial charge < -0.3 is 15.5 Å². The van der Waals surface area contributed by atoms with Crippen LogP contribution in [0, 0.1) is 5.92 Å². The van der Waals surface area contributed by atoms with E-state index >= 15 is 0 Å². The number of amidine groups is 1. The third-order valence-electron chi connectivity index (χ3n) is 4.87. The molecule has 0 radical (unpaired) electrons. The molecule has 1 aromatic rings. The van der Waals surface area contributed by atoms with Crippen molar-refractivity contribution in [3.8, 4) is 0 Å². The summed E-state index contributed by atoms with van der Waals surface area (Å²) in [5, 5.41) is 6.18. The highest BCUT2D eigenvalue weighted by Gasteiger charge is 2.39. The number of carbonyl (C=O) groups excluding carboxylic acids is 1. The number of sulfonamides is 1. The van der Waals surface area contributed by atoms with Crippen molar-refractivity contribution in [2.75, 3.05) is 26.2 Å². The van der Waals surface area contributed by atoms with Gasteiger partial charge in [-0.05, 0) is 25.0 Å². The molecule has 2 fully saturated rings. The van der Waals surface area contributed by atoms with E-state index in [4.69, 9.17) is 0 Å². The molecule has 0 aromatic heterocycles. The van der Waals surface area contributed by atoms with Crippen LogP contribution in [0.4, 0.5) is 0 Å². The van der Waals surface area contributed by atoms with E-state index < -0.39 is 10.0 Å². The van der Waals surface area contributed by atoms with Crippen molar-refractivity contribution in [3.63, 3.8) is 0 Å². The fourth-order valence-corrected chi connectivity index (χ4v) is 4.66. The van der Waals surface area contributed by atoms with Crippen LogP contribution >= 0.6 is 0 Å². The Balaban J connectivity index is 1.56. The molecule has 3 aliphatic rings. The van der Waals surface area contributed by atoms with Crippen LogP contribution in [-0.4, -0.2) is 57.3 Å². The number of amides is 1. The first-order valence-electron chi connectivity index (χ1n) is 8.26. The summed E-state index contributed by atoms with van der Waals surface area (Å²) >= 11 is 0. The van der Waals surface area contributed by atoms with Gasteiger partial charge in [-0.2, -0.15) is 8.42 Å². The Hall–Kier alpha value is -1.93. The van der Waals surface area contributed by atoms with Gasteiger partial charge >= 0.3 is 0 Å². The second kappa shape index (κ2) is 5.86. The molecular formula is C16H20N4O3S. The molecule has 0 spiro atoms. The number of nitrogens with zero attached hydrogens (tertiary/aromatic N) is 2. The summed E-state index contributed by atoms with van der Waals surface area (Å²) < 4.78 is 28.4. The van der Waals surface area contributed by atoms with Gasteiger partial charge in [-0.25, -0.2) is 0 Å². The van der Waals surface area contributed by atoms with Crippen LogP contribution in [-0.2, 0) is 14.8 Å². The lowest BCUT2D eigenvalue weighted by atomic mass is 10.0. The van der Waals surface area contributed by atoms with Gasteiger partial charge in [-0.3, -0.25) is 4.79 Å². The van der Waals surface area contributed by atoms with Gasteiger partial charge in [0.25, 0.3) is 10.0 Å². The molecule has 0 bridgehead atoms. The molecule has 1 atom stereocenters. The average Bonchev–Trinajstić information content (AvgIpc) is 3.09. The van der Waals surface area contributed by atoms with Gasteiger partial charge in [0.1, 0.15) is 10.9 Å². The first kappa shape index (κ1) is 15.6. The molecule has 128 valence electrons. The van der Waals surface area contributed by atoms with Crippen LogP contribution < -0.4 is 10.6 Å². The van der Waals surface area contributed by atoms with Crippen LogP contribution in [0.5, 0.6) is 0 Å². The van der Waals surface area contributed by atoms with E-state index in [1.165, 1.54) is 0 Å². The van der Waals surface area contributed by atoms with Crippen molar-refractivity contribution in [2.24, 2.45) is 10.3 Å². The topological polar surface area (TPSA) is 90.9 Å². The summed E-state index contributed by atoms with van der Waals surface area (Å²) in [6.45, 7) is 3.18. The Morgan fingerprint density at radius 3 is 2.88 bits per heavy atom. The molecule has 24 heavy (non-hydrogen) atoms. The molecule has 8 heteroatoms. The number of fused-ring (bicyclic) bond motifs is 1. The quantitative estimate of drug-likeness (QED) is 0.798. The van der Waals surface area contributed by atoms with E-state index in [1.54, 1.807) is 24.3 Å². The molecule has 4 rings (SSSR count). The van der Waals surface area contributed by atoms with Gasteiger partial charge in [0.05, 0.1) is 0 Å². The minimum atomic E-state index is -3.66. The number of hydrogen-bond acceptors (Lipinski definition) is 5. The minimum absolute atomic E-state index is 0.0381. The summed E-state index contributed by atoms with van der Waals surface area (Å²) in [6.07, 6.45) is 1.57. The van der Waals surface area contributed by atoms with Crippen LogP contribution in [0.15, 0.2) is 33.6 Å². The van der Waals surface area contributed by atoms with Gasteiger partial charge in [-0.1, -0.05) is 12.1 Å². The second-order valence-electron chi connectivity index (χ2n) is 6.51. The highest BCUT2D eigenvalue weighted by molar-refractivity contribution is 7.90. The van der Waals surface area contributed by atoms with Crippen molar-refractivity contribution in [3.05, 3.63) is 29.8 Å². The molecule has 3 heterocycles. The predicted octanol–water partition coefficient (Wildman–Crippen LogP) is -0.0645. The molecular weight excluding hydrogens is 328 g/mol. The lowest BCUT2D eigenvalue weighted by Gasteiger charge is -2.29. The maximum Gasteiger partial charge on any atom is 0.285 e. The van der Waals surface area contributed by atoms with Crippen molar-refractivity contribution in [1.82, 2.24) is 15.5 Å². The van der Waals surface area contributed by atoms with Crippen molar-refractivity contribution in [1.29, 1.82) is 0 Å². The highest BCUT2D eigenvalue weighted by Crippen LogP contribution is 2.31. The monoisotopic (exact) mass is 348 g/mol. The van der Waals surface area contributed by atoms with E-state index in [9.17, 15) is 13.2 Å². The molecule has 3 aliphatic heterocycles. The predicted molar refractivity (Wildman–Crippen MR) is 89.3 cm³/mol. The van der Waals surface area contributed by atoms with E-state index in [1.807, 2.05) is 4.90 Å². The average molecular weight is 348 g/mol. The zero-order valence-electron chi connectivity index (χ0n) is 13.2. The van der Waals surface area contributed by atoms with E-state index in [2.05, 4.69) is 15.0 Å². The molecule has 1 amide bonds. The molecule has 0 saturated carbocycles. The Morgan fingerprint density at radius 2 is 2.12 bits per heavy atom. The summed E-state index contributed by atoms with van der Waals surface area (Å²) in [6, 6.07) is 6.46. The normalized spacial score (nSPS) is 25.1. The maximum atomic E-state index is 12.6. The zero-order chi connectivity index (χ0) is 16.7. The smallest absolute Gasteiger partial charge is 0.285 e. The summed E-state index contributed by atoms with van der Waals surface area (Å²) in [5.41, 5.74) is 0.598. The third kappa shape index (κ3) is 2.59. The number of carbonyl (C=O) groups is 1. The SMILES string of the molecule is O=C(NCC1CNC1)C1CCCN1C1=NS(=O)(=O)c2ccccc21. The molecule has 0 aliphatic carbocycles. The first-order valence-corrected chi connectivity index (χ1v) is 9.70. The van der Waals surface area contributed by atoms with Crippen LogP contribution in [0.2, 0.25) is 0 Å². The Kier molecular flexibility index (Phi) is 3.80. The number of benzene rings is 1. The largest absolute Gasteiger partial charge is 0.354 e. The Morgan fingerprint density at radius 1 is 1.33 bits per heavy atom. The molecule has 2 N–H and O–H groups in total. The first-order chi connectivity index (χ1) is 11.6. The van der Waals surface area contributed by atoms with Crippen molar-refractivity contribution in [2.45, 2.75) is 23.8 Å². The van der Waals surface area contributed by atoms with Gasteiger partial charge in [0, 0.05) is 37.7 Å². The van der Waals surface area contributed by atoms with Gasteiger partial charge in [-0.15, -0.1) is 4.40 Å².